The molecule has 0 aliphatic heterocycles. The van der Waals surface area contributed by atoms with E-state index in [9.17, 15) is 0 Å². The number of rotatable bonds is 4. The van der Waals surface area contributed by atoms with Crippen molar-refractivity contribution in [1.82, 2.24) is 0 Å². The van der Waals surface area contributed by atoms with Crippen molar-refractivity contribution in [2.24, 2.45) is 11.7 Å². The Morgan fingerprint density at radius 1 is 1.57 bits per heavy atom. The van der Waals surface area contributed by atoms with E-state index >= 15 is 0 Å². The Balaban J connectivity index is 1.96. The van der Waals surface area contributed by atoms with Crippen LogP contribution in [0.5, 0.6) is 0 Å². The van der Waals surface area contributed by atoms with E-state index in [1.807, 2.05) is 0 Å². The SMILES string of the molecule is CCC(N)Cc1ccc(C2CC2C)o1. The minimum absolute atomic E-state index is 0.241. The highest BCUT2D eigenvalue weighted by Crippen LogP contribution is 2.47. The van der Waals surface area contributed by atoms with Crippen LogP contribution < -0.4 is 5.73 Å². The van der Waals surface area contributed by atoms with Gasteiger partial charge in [-0.05, 0) is 30.9 Å². The van der Waals surface area contributed by atoms with Crippen LogP contribution in [-0.2, 0) is 6.42 Å². The molecule has 1 saturated carbocycles. The molecule has 1 aromatic rings. The topological polar surface area (TPSA) is 39.2 Å². The van der Waals surface area contributed by atoms with E-state index in [1.165, 1.54) is 6.42 Å². The van der Waals surface area contributed by atoms with Gasteiger partial charge in [-0.2, -0.15) is 0 Å². The van der Waals surface area contributed by atoms with Gasteiger partial charge in [-0.1, -0.05) is 13.8 Å². The van der Waals surface area contributed by atoms with Gasteiger partial charge in [0.15, 0.2) is 0 Å². The van der Waals surface area contributed by atoms with Crippen LogP contribution in [0.15, 0.2) is 16.5 Å². The van der Waals surface area contributed by atoms with Crippen molar-refractivity contribution in [2.75, 3.05) is 0 Å². The lowest BCUT2D eigenvalue weighted by Gasteiger charge is -2.04. The molecule has 0 bridgehead atoms. The summed E-state index contributed by atoms with van der Waals surface area (Å²) in [5.41, 5.74) is 5.87. The molecule has 1 heterocycles. The standard InChI is InChI=1S/C12H19NO/c1-3-9(13)7-10-4-5-12(14-10)11-6-8(11)2/h4-5,8-9,11H,3,6-7,13H2,1-2H3. The summed E-state index contributed by atoms with van der Waals surface area (Å²) in [7, 11) is 0. The number of hydrogen-bond donors (Lipinski definition) is 1. The Bertz CT molecular complexity index is 305. The minimum atomic E-state index is 0.241. The Morgan fingerprint density at radius 3 is 2.86 bits per heavy atom. The van der Waals surface area contributed by atoms with Crippen molar-refractivity contribution < 1.29 is 4.42 Å². The van der Waals surface area contributed by atoms with Crippen molar-refractivity contribution >= 4 is 0 Å². The quantitative estimate of drug-likeness (QED) is 0.798. The third-order valence-corrected chi connectivity index (χ3v) is 3.15. The molecular weight excluding hydrogens is 174 g/mol. The van der Waals surface area contributed by atoms with Crippen LogP contribution >= 0.6 is 0 Å². The van der Waals surface area contributed by atoms with Crippen LogP contribution in [0, 0.1) is 5.92 Å². The lowest BCUT2D eigenvalue weighted by Crippen LogP contribution is -2.20. The highest BCUT2D eigenvalue weighted by atomic mass is 16.3. The molecule has 2 heteroatoms. The summed E-state index contributed by atoms with van der Waals surface area (Å²) in [6.07, 6.45) is 3.17. The van der Waals surface area contributed by atoms with Gasteiger partial charge in [0.1, 0.15) is 11.5 Å². The summed E-state index contributed by atoms with van der Waals surface area (Å²) >= 11 is 0. The molecule has 0 spiro atoms. The molecule has 14 heavy (non-hydrogen) atoms. The maximum absolute atomic E-state index is 5.87. The molecule has 1 aliphatic rings. The second kappa shape index (κ2) is 3.77. The van der Waals surface area contributed by atoms with E-state index in [2.05, 4.69) is 26.0 Å². The predicted molar refractivity (Wildman–Crippen MR) is 57.2 cm³/mol. The summed E-state index contributed by atoms with van der Waals surface area (Å²) < 4.78 is 5.77. The first kappa shape index (κ1) is 9.78. The molecule has 0 radical (unpaired) electrons. The molecule has 0 saturated heterocycles. The van der Waals surface area contributed by atoms with E-state index in [0.29, 0.717) is 5.92 Å². The Hall–Kier alpha value is -0.760. The van der Waals surface area contributed by atoms with Gasteiger partial charge < -0.3 is 10.2 Å². The van der Waals surface area contributed by atoms with E-state index in [-0.39, 0.29) is 6.04 Å². The van der Waals surface area contributed by atoms with E-state index in [1.54, 1.807) is 0 Å². The third kappa shape index (κ3) is 2.01. The average Bonchev–Trinajstić information content (AvgIpc) is 2.73. The van der Waals surface area contributed by atoms with Gasteiger partial charge in [0.2, 0.25) is 0 Å². The monoisotopic (exact) mass is 193 g/mol. The van der Waals surface area contributed by atoms with E-state index in [4.69, 9.17) is 10.2 Å². The largest absolute Gasteiger partial charge is 0.466 e. The zero-order valence-electron chi connectivity index (χ0n) is 8.99. The Labute approximate surface area is 85.5 Å². The average molecular weight is 193 g/mol. The lowest BCUT2D eigenvalue weighted by molar-refractivity contribution is 0.443. The predicted octanol–water partition coefficient (Wildman–Crippen LogP) is 2.68. The number of hydrogen-bond acceptors (Lipinski definition) is 2. The summed E-state index contributed by atoms with van der Waals surface area (Å²) in [4.78, 5) is 0. The number of furan rings is 1. The maximum atomic E-state index is 5.87. The zero-order chi connectivity index (χ0) is 10.1. The van der Waals surface area contributed by atoms with E-state index in [0.717, 1.165) is 30.3 Å². The molecule has 2 nitrogen and oxygen atoms in total. The van der Waals surface area contributed by atoms with Gasteiger partial charge >= 0.3 is 0 Å². The van der Waals surface area contributed by atoms with Gasteiger partial charge in [-0.3, -0.25) is 0 Å². The highest BCUT2D eigenvalue weighted by molar-refractivity contribution is 5.18. The summed E-state index contributed by atoms with van der Waals surface area (Å²) in [5.74, 6) is 3.71. The normalized spacial score (nSPS) is 27.6. The van der Waals surface area contributed by atoms with Crippen LogP contribution in [0.2, 0.25) is 0 Å². The van der Waals surface area contributed by atoms with E-state index < -0.39 is 0 Å². The Kier molecular flexibility index (Phi) is 2.64. The molecule has 3 unspecified atom stereocenters. The fourth-order valence-electron chi connectivity index (χ4n) is 1.82. The van der Waals surface area contributed by atoms with Crippen molar-refractivity contribution in [3.8, 4) is 0 Å². The molecular formula is C12H19NO. The maximum Gasteiger partial charge on any atom is 0.107 e. The fourth-order valence-corrected chi connectivity index (χ4v) is 1.82. The molecule has 2 N–H and O–H groups in total. The second-order valence-corrected chi connectivity index (χ2v) is 4.50. The van der Waals surface area contributed by atoms with Crippen molar-refractivity contribution in [3.63, 3.8) is 0 Å². The second-order valence-electron chi connectivity index (χ2n) is 4.50. The van der Waals surface area contributed by atoms with Crippen molar-refractivity contribution in [3.05, 3.63) is 23.7 Å². The van der Waals surface area contributed by atoms with Gasteiger partial charge in [0.25, 0.3) is 0 Å². The van der Waals surface area contributed by atoms with Crippen LogP contribution in [0.4, 0.5) is 0 Å². The first-order valence-electron chi connectivity index (χ1n) is 5.55. The van der Waals surface area contributed by atoms with Crippen LogP contribution in [-0.4, -0.2) is 6.04 Å². The summed E-state index contributed by atoms with van der Waals surface area (Å²) in [6.45, 7) is 4.38. The zero-order valence-corrected chi connectivity index (χ0v) is 8.99. The third-order valence-electron chi connectivity index (χ3n) is 3.15. The van der Waals surface area contributed by atoms with Crippen molar-refractivity contribution in [2.45, 2.75) is 45.1 Å². The molecule has 3 atom stereocenters. The molecule has 1 aliphatic carbocycles. The van der Waals surface area contributed by atoms with Crippen LogP contribution in [0.25, 0.3) is 0 Å². The first-order chi connectivity index (χ1) is 6.70. The smallest absolute Gasteiger partial charge is 0.107 e. The van der Waals surface area contributed by atoms with Gasteiger partial charge in [0.05, 0.1) is 0 Å². The van der Waals surface area contributed by atoms with Gasteiger partial charge in [0, 0.05) is 18.4 Å². The Morgan fingerprint density at radius 2 is 2.29 bits per heavy atom. The minimum Gasteiger partial charge on any atom is -0.466 e. The first-order valence-corrected chi connectivity index (χ1v) is 5.55. The highest BCUT2D eigenvalue weighted by Gasteiger charge is 2.36. The summed E-state index contributed by atoms with van der Waals surface area (Å²) in [6, 6.07) is 4.44. The molecule has 0 amide bonds. The van der Waals surface area contributed by atoms with Crippen LogP contribution in [0.3, 0.4) is 0 Å². The molecule has 1 aromatic heterocycles. The van der Waals surface area contributed by atoms with Gasteiger partial charge in [-0.15, -0.1) is 0 Å². The van der Waals surface area contributed by atoms with Gasteiger partial charge in [-0.25, -0.2) is 0 Å². The number of nitrogens with two attached hydrogens (primary N) is 1. The van der Waals surface area contributed by atoms with Crippen molar-refractivity contribution in [1.29, 1.82) is 0 Å². The molecule has 78 valence electrons. The molecule has 2 rings (SSSR count). The fraction of sp³-hybridized carbons (Fsp3) is 0.667. The molecule has 0 aromatic carbocycles. The molecule has 1 fully saturated rings. The lowest BCUT2D eigenvalue weighted by atomic mass is 10.1. The van der Waals surface area contributed by atoms with Crippen LogP contribution in [0.1, 0.15) is 44.1 Å². The summed E-state index contributed by atoms with van der Waals surface area (Å²) in [5, 5.41) is 0.